The Labute approximate surface area is 193 Å². The summed E-state index contributed by atoms with van der Waals surface area (Å²) in [5.74, 6) is -4.09. The van der Waals surface area contributed by atoms with Crippen LogP contribution in [-0.4, -0.2) is 44.7 Å². The molecule has 7 nitrogen and oxygen atoms in total. The summed E-state index contributed by atoms with van der Waals surface area (Å²) in [5, 5.41) is 3.19. The molecule has 3 atom stereocenters. The second kappa shape index (κ2) is 10.7. The maximum atomic E-state index is 13.7. The van der Waals surface area contributed by atoms with Gasteiger partial charge in [-0.3, -0.25) is 9.59 Å². The lowest BCUT2D eigenvalue weighted by molar-refractivity contribution is -0.151. The highest BCUT2D eigenvalue weighted by Gasteiger charge is 2.47. The van der Waals surface area contributed by atoms with Crippen LogP contribution in [0.3, 0.4) is 0 Å². The SMILES string of the molecule is CCCOCCOC(=O)C1=C(C)NC2=C(C(=O)[C@H](C(=O)OC)[C@H](C)C2)[C@H]1c1ccc(F)cc1. The van der Waals surface area contributed by atoms with Gasteiger partial charge in [-0.1, -0.05) is 26.0 Å². The summed E-state index contributed by atoms with van der Waals surface area (Å²) in [5.41, 5.74) is 2.34. The van der Waals surface area contributed by atoms with Gasteiger partial charge in [-0.05, 0) is 43.4 Å². The topological polar surface area (TPSA) is 90.9 Å². The highest BCUT2D eigenvalue weighted by atomic mass is 19.1. The molecule has 0 saturated heterocycles. The number of carbonyl (C=O) groups excluding carboxylic acids is 3. The van der Waals surface area contributed by atoms with Gasteiger partial charge in [0.25, 0.3) is 0 Å². The summed E-state index contributed by atoms with van der Waals surface area (Å²) in [4.78, 5) is 39.1. The number of esters is 2. The molecule has 0 saturated carbocycles. The number of hydrogen-bond donors (Lipinski definition) is 1. The second-order valence-corrected chi connectivity index (χ2v) is 8.34. The fourth-order valence-corrected chi connectivity index (χ4v) is 4.46. The average Bonchev–Trinajstić information content (AvgIpc) is 2.78. The van der Waals surface area contributed by atoms with Crippen molar-refractivity contribution in [1.29, 1.82) is 0 Å². The first kappa shape index (κ1) is 24.6. The molecule has 1 N–H and O–H groups in total. The predicted octanol–water partition coefficient (Wildman–Crippen LogP) is 3.41. The van der Waals surface area contributed by atoms with E-state index in [1.807, 2.05) is 13.8 Å². The fourth-order valence-electron chi connectivity index (χ4n) is 4.46. The number of allylic oxidation sites excluding steroid dienone is 3. The van der Waals surface area contributed by atoms with E-state index in [0.29, 0.717) is 35.6 Å². The minimum absolute atomic E-state index is 0.0629. The van der Waals surface area contributed by atoms with Gasteiger partial charge in [0.1, 0.15) is 18.3 Å². The number of ketones is 1. The van der Waals surface area contributed by atoms with Crippen molar-refractivity contribution in [1.82, 2.24) is 5.32 Å². The molecule has 1 aliphatic heterocycles. The molecule has 0 aromatic heterocycles. The zero-order chi connectivity index (χ0) is 24.1. The van der Waals surface area contributed by atoms with Crippen molar-refractivity contribution in [2.45, 2.75) is 39.5 Å². The Morgan fingerprint density at radius 2 is 1.85 bits per heavy atom. The maximum Gasteiger partial charge on any atom is 0.336 e. The molecular formula is C25H30FNO6. The lowest BCUT2D eigenvalue weighted by atomic mass is 9.69. The maximum absolute atomic E-state index is 13.7. The molecule has 0 radical (unpaired) electrons. The lowest BCUT2D eigenvalue weighted by Crippen LogP contribution is -2.43. The summed E-state index contributed by atoms with van der Waals surface area (Å²) in [6.07, 6.45) is 1.29. The predicted molar refractivity (Wildman–Crippen MR) is 118 cm³/mol. The van der Waals surface area contributed by atoms with E-state index in [-0.39, 0.29) is 24.7 Å². The van der Waals surface area contributed by atoms with Gasteiger partial charge in [0.05, 0.1) is 19.3 Å². The normalized spacial score (nSPS) is 22.6. The third kappa shape index (κ3) is 5.16. The molecule has 1 aromatic carbocycles. The van der Waals surface area contributed by atoms with Crippen LogP contribution in [0.2, 0.25) is 0 Å². The summed E-state index contributed by atoms with van der Waals surface area (Å²) >= 11 is 0. The van der Waals surface area contributed by atoms with Crippen LogP contribution >= 0.6 is 0 Å². The van der Waals surface area contributed by atoms with Crippen LogP contribution in [0.1, 0.15) is 45.1 Å². The third-order valence-corrected chi connectivity index (χ3v) is 5.98. The molecule has 0 unspecified atom stereocenters. The number of ether oxygens (including phenoxy) is 3. The smallest absolute Gasteiger partial charge is 0.336 e. The Bertz CT molecular complexity index is 981. The van der Waals surface area contributed by atoms with Gasteiger partial charge >= 0.3 is 11.9 Å². The highest BCUT2D eigenvalue weighted by Crippen LogP contribution is 2.45. The summed E-state index contributed by atoms with van der Waals surface area (Å²) in [6.45, 7) is 6.43. The first-order valence-corrected chi connectivity index (χ1v) is 11.1. The number of methoxy groups -OCH3 is 1. The Balaban J connectivity index is 2.01. The molecule has 1 aliphatic carbocycles. The van der Waals surface area contributed by atoms with Crippen LogP contribution in [0.15, 0.2) is 46.8 Å². The average molecular weight is 460 g/mol. The third-order valence-electron chi connectivity index (χ3n) is 5.98. The Morgan fingerprint density at radius 3 is 2.48 bits per heavy atom. The first-order chi connectivity index (χ1) is 15.8. The van der Waals surface area contributed by atoms with Gasteiger partial charge in [0.15, 0.2) is 5.78 Å². The van der Waals surface area contributed by atoms with Gasteiger partial charge in [0, 0.05) is 29.5 Å². The number of dihydropyridines is 1. The zero-order valence-electron chi connectivity index (χ0n) is 19.4. The molecule has 33 heavy (non-hydrogen) atoms. The second-order valence-electron chi connectivity index (χ2n) is 8.34. The molecule has 0 amide bonds. The van der Waals surface area contributed by atoms with E-state index in [0.717, 1.165) is 6.42 Å². The molecule has 178 valence electrons. The van der Waals surface area contributed by atoms with Crippen molar-refractivity contribution >= 4 is 17.7 Å². The minimum atomic E-state index is -0.975. The van der Waals surface area contributed by atoms with Crippen LogP contribution < -0.4 is 5.32 Å². The van der Waals surface area contributed by atoms with Gasteiger partial charge < -0.3 is 19.5 Å². The van der Waals surface area contributed by atoms with E-state index in [1.165, 1.54) is 19.2 Å². The summed E-state index contributed by atoms with van der Waals surface area (Å²) in [7, 11) is 1.25. The minimum Gasteiger partial charge on any atom is -0.468 e. The van der Waals surface area contributed by atoms with Gasteiger partial charge in [0.2, 0.25) is 0 Å². The molecule has 3 rings (SSSR count). The van der Waals surface area contributed by atoms with E-state index >= 15 is 0 Å². The first-order valence-electron chi connectivity index (χ1n) is 11.1. The number of nitrogens with one attached hydrogen (secondary N) is 1. The quantitative estimate of drug-likeness (QED) is 0.362. The highest BCUT2D eigenvalue weighted by molar-refractivity contribution is 6.12. The molecule has 0 spiro atoms. The van der Waals surface area contributed by atoms with E-state index in [1.54, 1.807) is 19.1 Å². The largest absolute Gasteiger partial charge is 0.468 e. The monoisotopic (exact) mass is 459 g/mol. The van der Waals surface area contributed by atoms with Gasteiger partial charge in [-0.2, -0.15) is 0 Å². The number of halogens is 1. The van der Waals surface area contributed by atoms with Gasteiger partial charge in [-0.15, -0.1) is 0 Å². The number of rotatable bonds is 8. The van der Waals surface area contributed by atoms with Crippen LogP contribution in [-0.2, 0) is 28.6 Å². The summed E-state index contributed by atoms with van der Waals surface area (Å²) < 4.78 is 29.4. The van der Waals surface area contributed by atoms with E-state index in [2.05, 4.69) is 5.32 Å². The molecule has 2 aliphatic rings. The van der Waals surface area contributed by atoms with E-state index in [9.17, 15) is 18.8 Å². The Kier molecular flexibility index (Phi) is 8.02. The molecule has 0 bridgehead atoms. The number of carbonyl (C=O) groups is 3. The van der Waals surface area contributed by atoms with Crippen molar-refractivity contribution in [2.75, 3.05) is 26.9 Å². The van der Waals surface area contributed by atoms with Gasteiger partial charge in [-0.25, -0.2) is 9.18 Å². The molecular weight excluding hydrogens is 429 g/mol. The Morgan fingerprint density at radius 1 is 1.15 bits per heavy atom. The Hall–Kier alpha value is -3.00. The van der Waals surface area contributed by atoms with Crippen LogP contribution in [0.5, 0.6) is 0 Å². The summed E-state index contributed by atoms with van der Waals surface area (Å²) in [6, 6.07) is 5.64. The lowest BCUT2D eigenvalue weighted by Gasteiger charge is -2.38. The number of benzene rings is 1. The van der Waals surface area contributed by atoms with Crippen molar-refractivity contribution in [2.24, 2.45) is 11.8 Å². The van der Waals surface area contributed by atoms with Crippen LogP contribution in [0.4, 0.5) is 4.39 Å². The van der Waals surface area contributed by atoms with Crippen molar-refractivity contribution in [3.05, 3.63) is 58.2 Å². The molecule has 1 aromatic rings. The van der Waals surface area contributed by atoms with Crippen LogP contribution in [0, 0.1) is 17.7 Å². The van der Waals surface area contributed by atoms with E-state index in [4.69, 9.17) is 14.2 Å². The zero-order valence-corrected chi connectivity index (χ0v) is 19.4. The standard InChI is InChI=1S/C25H30FNO6/c1-5-10-32-11-12-33-25(30)20-15(3)27-18-13-14(2)19(24(29)31-4)23(28)22(18)21(20)16-6-8-17(26)9-7-16/h6-9,14,19,21,27H,5,10-13H2,1-4H3/t14-,19-,21+/m1/s1. The number of hydrogen-bond acceptors (Lipinski definition) is 7. The van der Waals surface area contributed by atoms with Crippen molar-refractivity contribution in [3.63, 3.8) is 0 Å². The van der Waals surface area contributed by atoms with Crippen LogP contribution in [0.25, 0.3) is 0 Å². The number of Topliss-reactive ketones (excluding diaryl/α,β-unsaturated/α-hetero) is 1. The van der Waals surface area contributed by atoms with Crippen molar-refractivity contribution < 1.29 is 33.0 Å². The molecule has 0 fully saturated rings. The molecule has 1 heterocycles. The van der Waals surface area contributed by atoms with Crippen molar-refractivity contribution in [3.8, 4) is 0 Å². The molecule has 8 heteroatoms. The fraction of sp³-hybridized carbons (Fsp3) is 0.480. The van der Waals surface area contributed by atoms with E-state index < -0.39 is 35.4 Å².